The third-order valence-corrected chi connectivity index (χ3v) is 2.82. The first-order chi connectivity index (χ1) is 10.1. The summed E-state index contributed by atoms with van der Waals surface area (Å²) in [4.78, 5) is 22.1. The summed E-state index contributed by atoms with van der Waals surface area (Å²) in [5.41, 5.74) is 0.605. The number of hydrogen-bond acceptors (Lipinski definition) is 5. The van der Waals surface area contributed by atoms with Gasteiger partial charge in [0, 0.05) is 19.2 Å². The molecule has 1 atom stereocenters. The first-order valence-corrected chi connectivity index (χ1v) is 6.15. The van der Waals surface area contributed by atoms with Gasteiger partial charge in [0.25, 0.3) is 5.69 Å². The fraction of sp³-hybridized carbons (Fsp3) is 0.133. The second kappa shape index (κ2) is 6.62. The highest BCUT2D eigenvalue weighted by Crippen LogP contribution is 2.22. The Morgan fingerprint density at radius 1 is 1.10 bits per heavy atom. The quantitative estimate of drug-likeness (QED) is 0.365. The molecule has 0 N–H and O–H groups in total. The minimum atomic E-state index is -0.846. The predicted octanol–water partition coefficient (Wildman–Crippen LogP) is 2.89. The van der Waals surface area contributed by atoms with Gasteiger partial charge in [-0.3, -0.25) is 10.1 Å². The van der Waals surface area contributed by atoms with Crippen molar-refractivity contribution in [2.45, 2.75) is 6.10 Å². The molecule has 0 aromatic heterocycles. The molecule has 108 valence electrons. The van der Waals surface area contributed by atoms with Gasteiger partial charge in [-0.1, -0.05) is 30.3 Å². The van der Waals surface area contributed by atoms with Crippen LogP contribution >= 0.6 is 0 Å². The average molecular weight is 287 g/mol. The number of non-ortho nitro benzene ring substituents is 1. The number of nitro benzene ring substituents is 1. The molecule has 2 rings (SSSR count). The van der Waals surface area contributed by atoms with E-state index < -0.39 is 17.0 Å². The van der Waals surface area contributed by atoms with E-state index in [0.717, 1.165) is 0 Å². The maximum Gasteiger partial charge on any atom is 0.345 e. The van der Waals surface area contributed by atoms with Gasteiger partial charge in [-0.2, -0.15) is 0 Å². The summed E-state index contributed by atoms with van der Waals surface area (Å²) in [7, 11) is 1.41. The molecule has 0 aliphatic carbocycles. The highest BCUT2D eigenvalue weighted by atomic mass is 16.6. The summed E-state index contributed by atoms with van der Waals surface area (Å²) in [6.07, 6.45) is -0.846. The third kappa shape index (κ3) is 3.64. The van der Waals surface area contributed by atoms with Crippen LogP contribution in [-0.4, -0.2) is 18.0 Å². The molecule has 0 fully saturated rings. The van der Waals surface area contributed by atoms with Crippen molar-refractivity contribution in [1.29, 1.82) is 0 Å². The maximum absolute atomic E-state index is 12.1. The van der Waals surface area contributed by atoms with Gasteiger partial charge in [-0.25, -0.2) is 4.79 Å². The smallest absolute Gasteiger partial charge is 0.345 e. The molecule has 6 heteroatoms. The van der Waals surface area contributed by atoms with E-state index in [9.17, 15) is 14.9 Å². The Bertz CT molecular complexity index is 624. The van der Waals surface area contributed by atoms with Crippen LogP contribution in [0.25, 0.3) is 0 Å². The molecule has 0 bridgehead atoms. The Morgan fingerprint density at radius 3 is 2.24 bits per heavy atom. The Hall–Kier alpha value is -2.73. The molecule has 6 nitrogen and oxygen atoms in total. The Labute approximate surface area is 121 Å². The normalized spacial score (nSPS) is 11.7. The number of carbonyl (C=O) groups is 1. The highest BCUT2D eigenvalue weighted by molar-refractivity contribution is 5.78. The van der Waals surface area contributed by atoms with Gasteiger partial charge in [0.2, 0.25) is 0 Å². The van der Waals surface area contributed by atoms with E-state index in [1.807, 2.05) is 6.07 Å². The number of ether oxygens (including phenoxy) is 2. The number of nitro groups is 1. The second-order valence-electron chi connectivity index (χ2n) is 4.20. The Kier molecular flexibility index (Phi) is 4.63. The lowest BCUT2D eigenvalue weighted by molar-refractivity contribution is -0.384. The van der Waals surface area contributed by atoms with Crippen LogP contribution < -0.4 is 4.74 Å². The second-order valence-corrected chi connectivity index (χ2v) is 4.20. The molecule has 0 unspecified atom stereocenters. The topological polar surface area (TPSA) is 78.7 Å². The van der Waals surface area contributed by atoms with E-state index in [1.165, 1.54) is 31.4 Å². The molecule has 2 aromatic rings. The first-order valence-electron chi connectivity index (χ1n) is 6.15. The Morgan fingerprint density at radius 2 is 1.71 bits per heavy atom. The zero-order chi connectivity index (χ0) is 15.2. The van der Waals surface area contributed by atoms with Crippen molar-refractivity contribution in [3.8, 4) is 5.75 Å². The van der Waals surface area contributed by atoms with Crippen LogP contribution in [-0.2, 0) is 9.53 Å². The van der Waals surface area contributed by atoms with Gasteiger partial charge in [0.1, 0.15) is 5.75 Å². The molecule has 0 amide bonds. The number of rotatable bonds is 5. The number of hydrogen-bond donors (Lipinski definition) is 0. The molecule has 0 saturated carbocycles. The van der Waals surface area contributed by atoms with E-state index in [0.29, 0.717) is 5.56 Å². The zero-order valence-corrected chi connectivity index (χ0v) is 11.3. The molecule has 0 radical (unpaired) electrons. The highest BCUT2D eigenvalue weighted by Gasteiger charge is 2.22. The number of methoxy groups -OCH3 is 1. The van der Waals surface area contributed by atoms with Crippen molar-refractivity contribution in [3.63, 3.8) is 0 Å². The molecule has 0 heterocycles. The van der Waals surface area contributed by atoms with Crippen LogP contribution in [0.5, 0.6) is 5.75 Å². The van der Waals surface area contributed by atoms with Crippen LogP contribution in [0.15, 0.2) is 54.6 Å². The standard InChI is InChI=1S/C15H13NO5/c1-20-14(11-5-3-2-4-6-11)15(17)21-13-9-7-12(8-10-13)16(18)19/h2-10,14H,1H3/t14-/m0/s1. The summed E-state index contributed by atoms with van der Waals surface area (Å²) in [6, 6.07) is 14.2. The first kappa shape index (κ1) is 14.7. The van der Waals surface area contributed by atoms with Crippen LogP contribution in [0.4, 0.5) is 5.69 Å². The minimum absolute atomic E-state index is 0.0684. The summed E-state index contributed by atoms with van der Waals surface area (Å²) < 4.78 is 10.3. The van der Waals surface area contributed by atoms with E-state index in [-0.39, 0.29) is 11.4 Å². The molecular weight excluding hydrogens is 274 g/mol. The van der Waals surface area contributed by atoms with E-state index in [2.05, 4.69) is 0 Å². The molecule has 0 spiro atoms. The van der Waals surface area contributed by atoms with Crippen molar-refractivity contribution < 1.29 is 19.2 Å². The van der Waals surface area contributed by atoms with Gasteiger partial charge in [-0.05, 0) is 17.7 Å². The number of esters is 1. The molecule has 0 aliphatic rings. The Balaban J connectivity index is 2.11. The summed E-state index contributed by atoms with van der Waals surface area (Å²) in [5.74, 6) is -0.360. The van der Waals surface area contributed by atoms with Gasteiger partial charge < -0.3 is 9.47 Å². The lowest BCUT2D eigenvalue weighted by atomic mass is 10.1. The van der Waals surface area contributed by atoms with Crippen molar-refractivity contribution in [3.05, 3.63) is 70.3 Å². The van der Waals surface area contributed by atoms with Crippen molar-refractivity contribution >= 4 is 11.7 Å². The summed E-state index contributed by atoms with van der Waals surface area (Å²) in [5, 5.41) is 10.6. The number of carbonyl (C=O) groups excluding carboxylic acids is 1. The SMILES string of the molecule is CO[C@H](C(=O)Oc1ccc([N+](=O)[O-])cc1)c1ccccc1. The van der Waals surface area contributed by atoms with Crippen LogP contribution in [0.1, 0.15) is 11.7 Å². The lowest BCUT2D eigenvalue weighted by Gasteiger charge is -2.14. The van der Waals surface area contributed by atoms with E-state index >= 15 is 0 Å². The van der Waals surface area contributed by atoms with Crippen molar-refractivity contribution in [2.75, 3.05) is 7.11 Å². The van der Waals surface area contributed by atoms with Gasteiger partial charge in [0.15, 0.2) is 6.10 Å². The molecule has 21 heavy (non-hydrogen) atoms. The van der Waals surface area contributed by atoms with Crippen LogP contribution in [0.2, 0.25) is 0 Å². The molecular formula is C15H13NO5. The van der Waals surface area contributed by atoms with Crippen molar-refractivity contribution in [1.82, 2.24) is 0 Å². The fourth-order valence-corrected chi connectivity index (χ4v) is 1.80. The van der Waals surface area contributed by atoms with Crippen molar-refractivity contribution in [2.24, 2.45) is 0 Å². The fourth-order valence-electron chi connectivity index (χ4n) is 1.80. The third-order valence-electron chi connectivity index (χ3n) is 2.82. The minimum Gasteiger partial charge on any atom is -0.424 e. The molecule has 0 saturated heterocycles. The lowest BCUT2D eigenvalue weighted by Crippen LogP contribution is -2.20. The maximum atomic E-state index is 12.1. The largest absolute Gasteiger partial charge is 0.424 e. The van der Waals surface area contributed by atoms with Gasteiger partial charge >= 0.3 is 5.97 Å². The van der Waals surface area contributed by atoms with Gasteiger partial charge in [0.05, 0.1) is 4.92 Å². The average Bonchev–Trinajstić information content (AvgIpc) is 2.49. The monoisotopic (exact) mass is 287 g/mol. The predicted molar refractivity (Wildman–Crippen MR) is 74.9 cm³/mol. The number of benzene rings is 2. The summed E-state index contributed by atoms with van der Waals surface area (Å²) in [6.45, 7) is 0. The summed E-state index contributed by atoms with van der Waals surface area (Å²) >= 11 is 0. The van der Waals surface area contributed by atoms with E-state index in [4.69, 9.17) is 9.47 Å². The molecule has 2 aromatic carbocycles. The molecule has 0 aliphatic heterocycles. The van der Waals surface area contributed by atoms with E-state index in [1.54, 1.807) is 24.3 Å². The zero-order valence-electron chi connectivity index (χ0n) is 11.3. The van der Waals surface area contributed by atoms with Gasteiger partial charge in [-0.15, -0.1) is 0 Å². The number of nitrogens with zero attached hydrogens (tertiary/aromatic N) is 1. The van der Waals surface area contributed by atoms with Crippen LogP contribution in [0, 0.1) is 10.1 Å². The van der Waals surface area contributed by atoms with Crippen LogP contribution in [0.3, 0.4) is 0 Å².